The Morgan fingerprint density at radius 2 is 1.88 bits per heavy atom. The second-order valence-electron chi connectivity index (χ2n) is 5.56. The van der Waals surface area contributed by atoms with Gasteiger partial charge < -0.3 is 4.55 Å². The van der Waals surface area contributed by atoms with Gasteiger partial charge in [0.15, 0.2) is 10.1 Å². The second-order valence-corrected chi connectivity index (χ2v) is 7.01. The van der Waals surface area contributed by atoms with E-state index in [9.17, 15) is 21.8 Å². The monoisotopic (exact) mass is 253 g/mol. The summed E-state index contributed by atoms with van der Waals surface area (Å²) in [7, 11) is -5.54. The molecule has 0 aromatic heterocycles. The fraction of sp³-hybridized carbons (Fsp3) is 1.00. The van der Waals surface area contributed by atoms with Gasteiger partial charge in [-0.05, 0) is 36.5 Å². The Kier molecular flexibility index (Phi) is 2.42. The Bertz CT molecular complexity index is 402. The first kappa shape index (κ1) is 12.2. The van der Waals surface area contributed by atoms with Crippen molar-refractivity contribution >= 4 is 10.1 Å². The fourth-order valence-electron chi connectivity index (χ4n) is 3.60. The summed E-state index contributed by atoms with van der Waals surface area (Å²) in [6, 6.07) is 0. The third kappa shape index (κ3) is 1.42. The highest BCUT2D eigenvalue weighted by atomic mass is 32.2. The molecule has 6 heteroatoms. The predicted octanol–water partition coefficient (Wildman–Crippen LogP) is 2.20. The molecule has 0 N–H and O–H groups in total. The summed E-state index contributed by atoms with van der Waals surface area (Å²) in [6.45, 7) is 3.78. The molecule has 3 nitrogen and oxygen atoms in total. The van der Waals surface area contributed by atoms with E-state index in [1.54, 1.807) is 0 Å². The lowest BCUT2D eigenvalue weighted by molar-refractivity contribution is -0.0148. The van der Waals surface area contributed by atoms with Crippen LogP contribution in [0.5, 0.6) is 0 Å². The maximum atomic E-state index is 13.5. The van der Waals surface area contributed by atoms with Crippen LogP contribution in [0.4, 0.5) is 8.78 Å². The van der Waals surface area contributed by atoms with Crippen molar-refractivity contribution in [3.05, 3.63) is 0 Å². The summed E-state index contributed by atoms with van der Waals surface area (Å²) in [5.41, 5.74) is -0.265. The first-order valence-corrected chi connectivity index (χ1v) is 6.82. The van der Waals surface area contributed by atoms with Crippen molar-refractivity contribution in [1.82, 2.24) is 0 Å². The third-order valence-corrected chi connectivity index (χ3v) is 5.59. The molecule has 16 heavy (non-hydrogen) atoms. The van der Waals surface area contributed by atoms with E-state index in [2.05, 4.69) is 0 Å². The summed E-state index contributed by atoms with van der Waals surface area (Å²) in [5, 5.41) is -4.11. The summed E-state index contributed by atoms with van der Waals surface area (Å²) < 4.78 is 58.9. The zero-order valence-electron chi connectivity index (χ0n) is 9.24. The molecule has 2 rings (SSSR count). The van der Waals surface area contributed by atoms with Gasteiger partial charge in [0.05, 0.1) is 0 Å². The van der Waals surface area contributed by atoms with Gasteiger partial charge in [-0.2, -0.15) is 8.78 Å². The van der Waals surface area contributed by atoms with Gasteiger partial charge in [0.25, 0.3) is 0 Å². The van der Waals surface area contributed by atoms with Gasteiger partial charge in [-0.3, -0.25) is 0 Å². The minimum atomic E-state index is -5.54. The van der Waals surface area contributed by atoms with Crippen LogP contribution in [0.15, 0.2) is 0 Å². The molecule has 0 amide bonds. The van der Waals surface area contributed by atoms with Gasteiger partial charge in [0, 0.05) is 5.92 Å². The third-order valence-electron chi connectivity index (χ3n) is 4.62. The number of hydrogen-bond donors (Lipinski definition) is 0. The lowest BCUT2D eigenvalue weighted by atomic mass is 9.80. The molecule has 3 unspecified atom stereocenters. The highest BCUT2D eigenvalue weighted by molar-refractivity contribution is 7.86. The number of halogens is 2. The molecule has 2 saturated carbocycles. The molecule has 2 bridgehead atoms. The normalized spacial score (nSPS) is 37.9. The van der Waals surface area contributed by atoms with Crippen molar-refractivity contribution in [2.24, 2.45) is 23.2 Å². The molecule has 0 radical (unpaired) electrons. The quantitative estimate of drug-likeness (QED) is 0.709. The average molecular weight is 253 g/mol. The molecule has 2 fully saturated rings. The van der Waals surface area contributed by atoms with E-state index in [0.29, 0.717) is 6.42 Å². The molecule has 3 atom stereocenters. The zero-order valence-corrected chi connectivity index (χ0v) is 10.1. The highest BCUT2D eigenvalue weighted by Gasteiger charge is 2.62. The van der Waals surface area contributed by atoms with E-state index in [1.165, 1.54) is 0 Å². The Morgan fingerprint density at radius 1 is 1.31 bits per heavy atom. The number of fused-ring (bicyclic) bond motifs is 2. The van der Waals surface area contributed by atoms with Crippen LogP contribution in [0.2, 0.25) is 0 Å². The van der Waals surface area contributed by atoms with Gasteiger partial charge in [0.1, 0.15) is 0 Å². The van der Waals surface area contributed by atoms with Crippen LogP contribution in [-0.4, -0.2) is 18.2 Å². The summed E-state index contributed by atoms with van der Waals surface area (Å²) in [5.74, 6) is -1.52. The van der Waals surface area contributed by atoms with Crippen LogP contribution < -0.4 is 0 Å². The van der Waals surface area contributed by atoms with E-state index in [4.69, 9.17) is 0 Å². The topological polar surface area (TPSA) is 57.2 Å². The second kappa shape index (κ2) is 3.16. The van der Waals surface area contributed by atoms with Crippen molar-refractivity contribution in [2.75, 3.05) is 0 Å². The molecule has 0 aromatic rings. The van der Waals surface area contributed by atoms with Crippen LogP contribution in [0.25, 0.3) is 0 Å². The maximum Gasteiger partial charge on any atom is 0.337 e. The lowest BCUT2D eigenvalue weighted by Crippen LogP contribution is -2.40. The van der Waals surface area contributed by atoms with Crippen LogP contribution in [-0.2, 0) is 10.1 Å². The molecule has 2 aliphatic rings. The molecular weight excluding hydrogens is 238 g/mol. The molecule has 0 aromatic carbocycles. The Labute approximate surface area is 94.0 Å². The molecule has 94 valence electrons. The van der Waals surface area contributed by atoms with Crippen LogP contribution in [0, 0.1) is 23.2 Å². The summed E-state index contributed by atoms with van der Waals surface area (Å²) >= 11 is 0. The van der Waals surface area contributed by atoms with Crippen LogP contribution in [0.3, 0.4) is 0 Å². The molecular formula is C10H15F2O3S-. The number of alkyl halides is 2. The Morgan fingerprint density at radius 3 is 2.19 bits per heavy atom. The largest absolute Gasteiger partial charge is 0.743 e. The molecule has 2 aliphatic carbocycles. The molecule has 0 saturated heterocycles. The lowest BCUT2D eigenvalue weighted by Gasteiger charge is -2.33. The standard InChI is InChI=1S/C10H16F2O3S/c1-9(2)6-3-4-7(9)8(5-6)10(11,12)16(13,14)15/h6-8H,3-5H2,1-2H3,(H,13,14,15)/p-1. The fourth-order valence-corrected chi connectivity index (χ4v) is 4.23. The molecule has 0 spiro atoms. The van der Waals surface area contributed by atoms with Crippen molar-refractivity contribution in [1.29, 1.82) is 0 Å². The minimum Gasteiger partial charge on any atom is -0.743 e. The smallest absolute Gasteiger partial charge is 0.337 e. The number of hydrogen-bond acceptors (Lipinski definition) is 3. The van der Waals surface area contributed by atoms with E-state index >= 15 is 0 Å². The van der Waals surface area contributed by atoms with Gasteiger partial charge in [-0.25, -0.2) is 8.42 Å². The SMILES string of the molecule is CC1(C)C2CCC1C(C(F)(F)S(=O)(=O)[O-])C2. The van der Waals surface area contributed by atoms with E-state index in [0.717, 1.165) is 6.42 Å². The Balaban J connectivity index is 2.34. The van der Waals surface area contributed by atoms with Crippen molar-refractivity contribution < 1.29 is 21.8 Å². The first-order valence-electron chi connectivity index (χ1n) is 5.41. The number of rotatable bonds is 2. The molecule has 0 heterocycles. The van der Waals surface area contributed by atoms with Crippen molar-refractivity contribution in [3.63, 3.8) is 0 Å². The average Bonchev–Trinajstić information content (AvgIpc) is 2.53. The van der Waals surface area contributed by atoms with Crippen molar-refractivity contribution in [2.45, 2.75) is 38.4 Å². The Hall–Kier alpha value is -0.230. The van der Waals surface area contributed by atoms with E-state index < -0.39 is 21.3 Å². The summed E-state index contributed by atoms with van der Waals surface area (Å²) in [6.07, 6.45) is 1.63. The molecule has 0 aliphatic heterocycles. The van der Waals surface area contributed by atoms with Gasteiger partial charge in [-0.15, -0.1) is 0 Å². The van der Waals surface area contributed by atoms with Crippen LogP contribution in [0.1, 0.15) is 33.1 Å². The maximum absolute atomic E-state index is 13.5. The van der Waals surface area contributed by atoms with E-state index in [1.807, 2.05) is 13.8 Å². The van der Waals surface area contributed by atoms with Gasteiger partial charge >= 0.3 is 5.25 Å². The van der Waals surface area contributed by atoms with Crippen molar-refractivity contribution in [3.8, 4) is 0 Å². The first-order chi connectivity index (χ1) is 7.08. The zero-order chi connectivity index (χ0) is 12.4. The van der Waals surface area contributed by atoms with E-state index in [-0.39, 0.29) is 23.7 Å². The summed E-state index contributed by atoms with van der Waals surface area (Å²) in [4.78, 5) is 0. The minimum absolute atomic E-state index is 0.120. The van der Waals surface area contributed by atoms with Crippen LogP contribution >= 0.6 is 0 Å². The predicted molar refractivity (Wildman–Crippen MR) is 52.7 cm³/mol. The van der Waals surface area contributed by atoms with Gasteiger partial charge in [0.2, 0.25) is 0 Å². The van der Waals surface area contributed by atoms with Gasteiger partial charge in [-0.1, -0.05) is 13.8 Å². The highest BCUT2D eigenvalue weighted by Crippen LogP contribution is 2.63.